The van der Waals surface area contributed by atoms with Crippen LogP contribution in [0.1, 0.15) is 24.7 Å². The van der Waals surface area contributed by atoms with E-state index in [2.05, 4.69) is 22.2 Å². The molecule has 0 aromatic carbocycles. The lowest BCUT2D eigenvalue weighted by molar-refractivity contribution is 0.198. The maximum absolute atomic E-state index is 6.19. The standard InChI is InChI=1S/C13H23ClN4/c1-10(17-7-4-5-15-6-8-17)9-18-12(3)13(14)11(2)16-18/h10,15H,4-9H2,1-3H3/t10-/m0/s1. The zero-order chi connectivity index (χ0) is 13.1. The fraction of sp³-hybridized carbons (Fsp3) is 0.769. The van der Waals surface area contributed by atoms with Gasteiger partial charge in [-0.25, -0.2) is 0 Å². The number of aryl methyl sites for hydroxylation is 1. The largest absolute Gasteiger partial charge is 0.315 e. The first-order chi connectivity index (χ1) is 8.59. The lowest BCUT2D eigenvalue weighted by Crippen LogP contribution is -2.39. The lowest BCUT2D eigenvalue weighted by atomic mass is 10.2. The first-order valence-corrected chi connectivity index (χ1v) is 7.11. The second kappa shape index (κ2) is 6.04. The Labute approximate surface area is 114 Å². The summed E-state index contributed by atoms with van der Waals surface area (Å²) in [4.78, 5) is 2.53. The molecular weight excluding hydrogens is 248 g/mol. The average molecular weight is 271 g/mol. The normalized spacial score (nSPS) is 19.8. The molecule has 0 aliphatic carbocycles. The Balaban J connectivity index is 2.01. The van der Waals surface area contributed by atoms with Crippen LogP contribution in [0.5, 0.6) is 0 Å². The Kier molecular flexibility index (Phi) is 4.65. The molecule has 1 aromatic rings. The monoisotopic (exact) mass is 270 g/mol. The van der Waals surface area contributed by atoms with Crippen molar-refractivity contribution in [1.82, 2.24) is 20.0 Å². The molecule has 0 saturated carbocycles. The van der Waals surface area contributed by atoms with Crippen molar-refractivity contribution in [3.05, 3.63) is 16.4 Å². The van der Waals surface area contributed by atoms with Crippen LogP contribution in [0.15, 0.2) is 0 Å². The van der Waals surface area contributed by atoms with Gasteiger partial charge in [0.2, 0.25) is 0 Å². The quantitative estimate of drug-likeness (QED) is 0.910. The van der Waals surface area contributed by atoms with E-state index in [-0.39, 0.29) is 0 Å². The summed E-state index contributed by atoms with van der Waals surface area (Å²) in [6, 6.07) is 0.499. The fourth-order valence-corrected chi connectivity index (χ4v) is 2.66. The van der Waals surface area contributed by atoms with E-state index in [1.807, 2.05) is 18.5 Å². The van der Waals surface area contributed by atoms with Crippen molar-refractivity contribution in [3.8, 4) is 0 Å². The molecule has 0 bridgehead atoms. The Bertz CT molecular complexity index is 394. The Morgan fingerprint density at radius 2 is 2.11 bits per heavy atom. The number of hydrogen-bond donors (Lipinski definition) is 1. The van der Waals surface area contributed by atoms with Crippen LogP contribution in [0.4, 0.5) is 0 Å². The molecular formula is C13H23ClN4. The zero-order valence-corrected chi connectivity index (χ0v) is 12.3. The van der Waals surface area contributed by atoms with E-state index in [0.717, 1.165) is 42.6 Å². The maximum Gasteiger partial charge on any atom is 0.0844 e. The molecule has 1 aliphatic heterocycles. The topological polar surface area (TPSA) is 33.1 Å². The predicted octanol–water partition coefficient (Wildman–Crippen LogP) is 1.84. The van der Waals surface area contributed by atoms with Crippen molar-refractivity contribution in [2.24, 2.45) is 0 Å². The average Bonchev–Trinajstić information content (AvgIpc) is 2.59. The zero-order valence-electron chi connectivity index (χ0n) is 11.5. The molecule has 0 amide bonds. The molecule has 4 nitrogen and oxygen atoms in total. The Hall–Kier alpha value is -0.580. The number of nitrogens with zero attached hydrogens (tertiary/aromatic N) is 3. The molecule has 5 heteroatoms. The summed E-state index contributed by atoms with van der Waals surface area (Å²) in [7, 11) is 0. The van der Waals surface area contributed by atoms with Gasteiger partial charge in [0.05, 0.1) is 23.0 Å². The van der Waals surface area contributed by atoms with Crippen LogP contribution in [0, 0.1) is 13.8 Å². The summed E-state index contributed by atoms with van der Waals surface area (Å²) in [6.45, 7) is 11.7. The molecule has 1 aromatic heterocycles. The molecule has 1 N–H and O–H groups in total. The highest BCUT2D eigenvalue weighted by atomic mass is 35.5. The van der Waals surface area contributed by atoms with E-state index in [1.54, 1.807) is 0 Å². The third kappa shape index (κ3) is 3.05. The van der Waals surface area contributed by atoms with E-state index < -0.39 is 0 Å². The summed E-state index contributed by atoms with van der Waals surface area (Å²) in [5, 5.41) is 8.75. The first-order valence-electron chi connectivity index (χ1n) is 6.74. The second-order valence-electron chi connectivity index (χ2n) is 5.16. The van der Waals surface area contributed by atoms with Gasteiger partial charge in [-0.1, -0.05) is 11.6 Å². The van der Waals surface area contributed by atoms with Gasteiger partial charge in [-0.15, -0.1) is 0 Å². The molecule has 2 heterocycles. The summed E-state index contributed by atoms with van der Waals surface area (Å²) in [5.41, 5.74) is 2.01. The van der Waals surface area contributed by atoms with Gasteiger partial charge in [0.1, 0.15) is 0 Å². The van der Waals surface area contributed by atoms with E-state index in [9.17, 15) is 0 Å². The number of hydrogen-bond acceptors (Lipinski definition) is 3. The number of rotatable bonds is 3. The third-order valence-corrected chi connectivity index (χ3v) is 4.28. The van der Waals surface area contributed by atoms with Crippen molar-refractivity contribution >= 4 is 11.6 Å². The van der Waals surface area contributed by atoms with Crippen molar-refractivity contribution in [2.75, 3.05) is 26.2 Å². The summed E-state index contributed by atoms with van der Waals surface area (Å²) in [5.74, 6) is 0. The molecule has 0 radical (unpaired) electrons. The van der Waals surface area contributed by atoms with Gasteiger partial charge in [0.15, 0.2) is 0 Å². The van der Waals surface area contributed by atoms with Gasteiger partial charge in [-0.2, -0.15) is 5.10 Å². The minimum absolute atomic E-state index is 0.499. The number of nitrogens with one attached hydrogen (secondary N) is 1. The third-order valence-electron chi connectivity index (χ3n) is 3.73. The molecule has 0 unspecified atom stereocenters. The van der Waals surface area contributed by atoms with Crippen LogP contribution >= 0.6 is 11.6 Å². The summed E-state index contributed by atoms with van der Waals surface area (Å²) < 4.78 is 2.04. The molecule has 2 rings (SSSR count). The van der Waals surface area contributed by atoms with Crippen LogP contribution in [0.25, 0.3) is 0 Å². The predicted molar refractivity (Wildman–Crippen MR) is 75.2 cm³/mol. The van der Waals surface area contributed by atoms with Crippen LogP contribution < -0.4 is 5.32 Å². The van der Waals surface area contributed by atoms with Crippen molar-refractivity contribution < 1.29 is 0 Å². The molecule has 18 heavy (non-hydrogen) atoms. The molecule has 102 valence electrons. The van der Waals surface area contributed by atoms with Crippen molar-refractivity contribution in [3.63, 3.8) is 0 Å². The van der Waals surface area contributed by atoms with Crippen LogP contribution in [0.2, 0.25) is 5.02 Å². The fourth-order valence-electron chi connectivity index (χ4n) is 2.53. The van der Waals surface area contributed by atoms with Gasteiger partial charge in [0, 0.05) is 19.1 Å². The smallest absolute Gasteiger partial charge is 0.0844 e. The molecule has 1 aliphatic rings. The van der Waals surface area contributed by atoms with E-state index in [4.69, 9.17) is 11.6 Å². The van der Waals surface area contributed by atoms with Crippen LogP contribution in [0.3, 0.4) is 0 Å². The summed E-state index contributed by atoms with van der Waals surface area (Å²) in [6.07, 6.45) is 1.22. The van der Waals surface area contributed by atoms with E-state index in [1.165, 1.54) is 13.0 Å². The van der Waals surface area contributed by atoms with Gasteiger partial charge < -0.3 is 5.32 Å². The van der Waals surface area contributed by atoms with Gasteiger partial charge in [0.25, 0.3) is 0 Å². The van der Waals surface area contributed by atoms with Gasteiger partial charge in [-0.3, -0.25) is 9.58 Å². The van der Waals surface area contributed by atoms with E-state index in [0.29, 0.717) is 6.04 Å². The van der Waals surface area contributed by atoms with Crippen molar-refractivity contribution in [2.45, 2.75) is 39.8 Å². The minimum atomic E-state index is 0.499. The summed E-state index contributed by atoms with van der Waals surface area (Å²) >= 11 is 6.19. The number of halogens is 1. The van der Waals surface area contributed by atoms with Gasteiger partial charge in [-0.05, 0) is 40.3 Å². The van der Waals surface area contributed by atoms with Crippen molar-refractivity contribution in [1.29, 1.82) is 0 Å². The molecule has 0 spiro atoms. The first kappa shape index (κ1) is 13.8. The second-order valence-corrected chi connectivity index (χ2v) is 5.53. The SMILES string of the molecule is Cc1nn(C[C@H](C)N2CCCNCC2)c(C)c1Cl. The maximum atomic E-state index is 6.19. The van der Waals surface area contributed by atoms with Gasteiger partial charge >= 0.3 is 0 Å². The minimum Gasteiger partial charge on any atom is -0.315 e. The highest BCUT2D eigenvalue weighted by molar-refractivity contribution is 6.31. The van der Waals surface area contributed by atoms with E-state index >= 15 is 0 Å². The highest BCUT2D eigenvalue weighted by Gasteiger charge is 2.18. The Morgan fingerprint density at radius 1 is 1.33 bits per heavy atom. The lowest BCUT2D eigenvalue weighted by Gasteiger charge is -2.27. The number of aromatic nitrogens is 2. The molecule has 1 fully saturated rings. The van der Waals surface area contributed by atoms with Crippen LogP contribution in [-0.2, 0) is 6.54 Å². The van der Waals surface area contributed by atoms with Crippen LogP contribution in [-0.4, -0.2) is 46.9 Å². The highest BCUT2D eigenvalue weighted by Crippen LogP contribution is 2.19. The molecule has 1 saturated heterocycles. The molecule has 1 atom stereocenters. The Morgan fingerprint density at radius 3 is 2.78 bits per heavy atom.